The third-order valence-electron chi connectivity index (χ3n) is 1.86. The summed E-state index contributed by atoms with van der Waals surface area (Å²) in [5.74, 6) is -0.700. The molecule has 0 aliphatic rings. The SMILES string of the molecule is Cc1ccc(OC(F)F)c(NC(=O)CC#N)c1. The van der Waals surface area contributed by atoms with Crippen LogP contribution in [0.15, 0.2) is 18.2 Å². The fourth-order valence-corrected chi connectivity index (χ4v) is 1.21. The molecular weight excluding hydrogens is 230 g/mol. The lowest BCUT2D eigenvalue weighted by Crippen LogP contribution is -2.12. The molecule has 1 rings (SSSR count). The minimum Gasteiger partial charge on any atom is -0.433 e. The van der Waals surface area contributed by atoms with E-state index in [2.05, 4.69) is 10.1 Å². The van der Waals surface area contributed by atoms with Crippen LogP contribution in [-0.2, 0) is 4.79 Å². The van der Waals surface area contributed by atoms with Gasteiger partial charge in [0.25, 0.3) is 0 Å². The van der Waals surface area contributed by atoms with Crippen LogP contribution in [0.4, 0.5) is 14.5 Å². The molecule has 0 atom stereocenters. The standard InChI is InChI=1S/C11H10F2N2O2/c1-7-2-3-9(17-11(12)13)8(6-7)15-10(16)4-5-14/h2-3,6,11H,4H2,1H3,(H,15,16). The number of rotatable bonds is 4. The van der Waals surface area contributed by atoms with E-state index in [4.69, 9.17) is 5.26 Å². The van der Waals surface area contributed by atoms with Gasteiger partial charge in [0.05, 0.1) is 11.8 Å². The van der Waals surface area contributed by atoms with E-state index in [1.807, 2.05) is 0 Å². The van der Waals surface area contributed by atoms with E-state index in [-0.39, 0.29) is 17.9 Å². The normalized spacial score (nSPS) is 9.82. The van der Waals surface area contributed by atoms with Gasteiger partial charge in [0.15, 0.2) is 0 Å². The highest BCUT2D eigenvalue weighted by Crippen LogP contribution is 2.27. The first-order chi connectivity index (χ1) is 8.02. The predicted molar refractivity (Wildman–Crippen MR) is 56.7 cm³/mol. The van der Waals surface area contributed by atoms with Gasteiger partial charge in [-0.25, -0.2) is 0 Å². The lowest BCUT2D eigenvalue weighted by atomic mass is 10.2. The molecule has 0 saturated heterocycles. The second-order valence-electron chi connectivity index (χ2n) is 3.26. The van der Waals surface area contributed by atoms with Crippen molar-refractivity contribution >= 4 is 11.6 Å². The Labute approximate surface area is 96.8 Å². The van der Waals surface area contributed by atoms with E-state index in [1.165, 1.54) is 12.1 Å². The maximum absolute atomic E-state index is 12.1. The number of nitrogens with zero attached hydrogens (tertiary/aromatic N) is 1. The molecule has 0 aliphatic carbocycles. The topological polar surface area (TPSA) is 62.1 Å². The van der Waals surface area contributed by atoms with Gasteiger partial charge in [-0.3, -0.25) is 4.79 Å². The number of carbonyl (C=O) groups is 1. The lowest BCUT2D eigenvalue weighted by molar-refractivity contribution is -0.115. The van der Waals surface area contributed by atoms with E-state index in [0.29, 0.717) is 0 Å². The number of benzene rings is 1. The fraction of sp³-hybridized carbons (Fsp3) is 0.273. The number of hydrogen-bond acceptors (Lipinski definition) is 3. The van der Waals surface area contributed by atoms with Gasteiger partial charge in [-0.05, 0) is 24.6 Å². The van der Waals surface area contributed by atoms with Crippen molar-refractivity contribution in [2.24, 2.45) is 0 Å². The molecule has 0 aromatic heterocycles. The van der Waals surface area contributed by atoms with Gasteiger partial charge in [0, 0.05) is 0 Å². The Kier molecular flexibility index (Phi) is 4.40. The zero-order chi connectivity index (χ0) is 12.8. The van der Waals surface area contributed by atoms with E-state index < -0.39 is 12.5 Å². The second-order valence-corrected chi connectivity index (χ2v) is 3.26. The van der Waals surface area contributed by atoms with Crippen molar-refractivity contribution < 1.29 is 18.3 Å². The lowest BCUT2D eigenvalue weighted by Gasteiger charge is -2.11. The summed E-state index contributed by atoms with van der Waals surface area (Å²) in [6, 6.07) is 6.07. The number of anilines is 1. The van der Waals surface area contributed by atoms with E-state index >= 15 is 0 Å². The average Bonchev–Trinajstić information content (AvgIpc) is 2.22. The van der Waals surface area contributed by atoms with Crippen LogP contribution in [0.25, 0.3) is 0 Å². The number of amides is 1. The molecule has 1 aromatic rings. The number of carbonyl (C=O) groups excluding carboxylic acids is 1. The Morgan fingerprint density at radius 1 is 1.59 bits per heavy atom. The minimum absolute atomic E-state index is 0.128. The number of aryl methyl sites for hydroxylation is 1. The van der Waals surface area contributed by atoms with Crippen molar-refractivity contribution in [3.8, 4) is 11.8 Å². The summed E-state index contributed by atoms with van der Waals surface area (Å²) in [5, 5.41) is 10.7. The number of nitrogens with one attached hydrogen (secondary N) is 1. The van der Waals surface area contributed by atoms with Crippen LogP contribution >= 0.6 is 0 Å². The molecule has 0 bridgehead atoms. The van der Waals surface area contributed by atoms with Crippen molar-refractivity contribution in [3.05, 3.63) is 23.8 Å². The van der Waals surface area contributed by atoms with Crippen LogP contribution in [0.5, 0.6) is 5.75 Å². The van der Waals surface area contributed by atoms with Crippen LogP contribution in [0.2, 0.25) is 0 Å². The number of halogens is 2. The van der Waals surface area contributed by atoms with Crippen molar-refractivity contribution in [3.63, 3.8) is 0 Å². The maximum atomic E-state index is 12.1. The first kappa shape index (κ1) is 12.9. The first-order valence-electron chi connectivity index (χ1n) is 4.75. The monoisotopic (exact) mass is 240 g/mol. The molecule has 1 N–H and O–H groups in total. The van der Waals surface area contributed by atoms with Crippen molar-refractivity contribution in [1.29, 1.82) is 5.26 Å². The number of ether oxygens (including phenoxy) is 1. The molecule has 17 heavy (non-hydrogen) atoms. The number of hydrogen-bond donors (Lipinski definition) is 1. The summed E-state index contributed by atoms with van der Waals surface area (Å²) in [6.07, 6.45) is -0.345. The third-order valence-corrected chi connectivity index (χ3v) is 1.86. The Morgan fingerprint density at radius 3 is 2.88 bits per heavy atom. The second kappa shape index (κ2) is 5.80. The highest BCUT2D eigenvalue weighted by atomic mass is 19.3. The quantitative estimate of drug-likeness (QED) is 0.879. The molecule has 1 amide bonds. The van der Waals surface area contributed by atoms with Gasteiger partial charge >= 0.3 is 6.61 Å². The summed E-state index contributed by atoms with van der Waals surface area (Å²) in [6.45, 7) is -1.23. The van der Waals surface area contributed by atoms with E-state index in [0.717, 1.165) is 5.56 Å². The zero-order valence-corrected chi connectivity index (χ0v) is 9.04. The van der Waals surface area contributed by atoms with Gasteiger partial charge in [-0.2, -0.15) is 14.0 Å². The van der Waals surface area contributed by atoms with Crippen LogP contribution in [-0.4, -0.2) is 12.5 Å². The fourth-order valence-electron chi connectivity index (χ4n) is 1.21. The molecular formula is C11H10F2N2O2. The molecule has 1 aromatic carbocycles. The molecule has 90 valence electrons. The summed E-state index contributed by atoms with van der Waals surface area (Å²) < 4.78 is 28.4. The molecule has 0 saturated carbocycles. The summed E-state index contributed by atoms with van der Waals surface area (Å²) in [4.78, 5) is 11.2. The van der Waals surface area contributed by atoms with Crippen LogP contribution < -0.4 is 10.1 Å². The van der Waals surface area contributed by atoms with Gasteiger partial charge in [-0.1, -0.05) is 6.07 Å². The van der Waals surface area contributed by atoms with Gasteiger partial charge in [0.2, 0.25) is 5.91 Å². The van der Waals surface area contributed by atoms with Gasteiger partial charge in [-0.15, -0.1) is 0 Å². The smallest absolute Gasteiger partial charge is 0.387 e. The molecule has 4 nitrogen and oxygen atoms in total. The number of alkyl halides is 2. The molecule has 0 spiro atoms. The summed E-state index contributed by atoms with van der Waals surface area (Å²) in [7, 11) is 0. The Hall–Kier alpha value is -2.16. The van der Waals surface area contributed by atoms with Crippen LogP contribution in [0.1, 0.15) is 12.0 Å². The molecule has 0 radical (unpaired) electrons. The summed E-state index contributed by atoms with van der Waals surface area (Å²) in [5.41, 5.74) is 0.907. The third kappa shape index (κ3) is 4.07. The average molecular weight is 240 g/mol. The first-order valence-corrected chi connectivity index (χ1v) is 4.75. The zero-order valence-electron chi connectivity index (χ0n) is 9.04. The minimum atomic E-state index is -2.97. The van der Waals surface area contributed by atoms with Crippen molar-refractivity contribution in [2.45, 2.75) is 20.0 Å². The Bertz CT molecular complexity index is 455. The van der Waals surface area contributed by atoms with E-state index in [1.54, 1.807) is 19.1 Å². The molecule has 6 heteroatoms. The van der Waals surface area contributed by atoms with Crippen LogP contribution in [0.3, 0.4) is 0 Å². The number of nitriles is 1. The highest BCUT2D eigenvalue weighted by molar-refractivity contribution is 5.93. The van der Waals surface area contributed by atoms with Crippen LogP contribution in [0, 0.1) is 18.3 Å². The Morgan fingerprint density at radius 2 is 2.29 bits per heavy atom. The molecule has 0 fully saturated rings. The van der Waals surface area contributed by atoms with Gasteiger partial charge < -0.3 is 10.1 Å². The van der Waals surface area contributed by atoms with Crippen molar-refractivity contribution in [2.75, 3.05) is 5.32 Å². The van der Waals surface area contributed by atoms with E-state index in [9.17, 15) is 13.6 Å². The predicted octanol–water partition coefficient (Wildman–Crippen LogP) is 2.45. The molecule has 0 aliphatic heterocycles. The molecule has 0 unspecified atom stereocenters. The van der Waals surface area contributed by atoms with Gasteiger partial charge in [0.1, 0.15) is 12.2 Å². The maximum Gasteiger partial charge on any atom is 0.387 e. The van der Waals surface area contributed by atoms with Crippen molar-refractivity contribution in [1.82, 2.24) is 0 Å². The summed E-state index contributed by atoms with van der Waals surface area (Å²) >= 11 is 0. The Balaban J connectivity index is 2.91. The molecule has 0 heterocycles. The highest BCUT2D eigenvalue weighted by Gasteiger charge is 2.11. The largest absolute Gasteiger partial charge is 0.433 e.